The Morgan fingerprint density at radius 1 is 0.962 bits per heavy atom. The third-order valence-corrected chi connectivity index (χ3v) is 6.34. The highest BCUT2D eigenvalue weighted by atomic mass is 16.7. The topological polar surface area (TPSA) is 40.2 Å². The van der Waals surface area contributed by atoms with Gasteiger partial charge in [0.2, 0.25) is 0 Å². The molecule has 3 fully saturated rings. The van der Waals surface area contributed by atoms with E-state index in [-0.39, 0.29) is 18.3 Å². The van der Waals surface area contributed by atoms with E-state index in [1.54, 1.807) is 0 Å². The standard InChI is InChI=1S/C20H30BNO4/c1-19(2)20(3,4)26-21(25-19)15-5-7-17(8-6-15)24-18-13-16(14-18)22-9-11-23-12-10-22/h5-8,16,18H,9-14H2,1-4H3. The van der Waals surface area contributed by atoms with Gasteiger partial charge in [0.15, 0.2) is 0 Å². The van der Waals surface area contributed by atoms with Gasteiger partial charge in [0, 0.05) is 32.0 Å². The van der Waals surface area contributed by atoms with E-state index in [0.717, 1.165) is 50.4 Å². The van der Waals surface area contributed by atoms with E-state index in [1.165, 1.54) is 0 Å². The molecular formula is C20H30BNO4. The van der Waals surface area contributed by atoms with Crippen molar-refractivity contribution < 1.29 is 18.8 Å². The van der Waals surface area contributed by atoms with Gasteiger partial charge in [-0.1, -0.05) is 12.1 Å². The monoisotopic (exact) mass is 359 g/mol. The van der Waals surface area contributed by atoms with E-state index in [4.69, 9.17) is 18.8 Å². The van der Waals surface area contributed by atoms with Crippen LogP contribution in [0.25, 0.3) is 0 Å². The second kappa shape index (κ2) is 6.82. The molecular weight excluding hydrogens is 329 g/mol. The Morgan fingerprint density at radius 2 is 1.54 bits per heavy atom. The van der Waals surface area contributed by atoms with Crippen molar-refractivity contribution in [3.63, 3.8) is 0 Å². The van der Waals surface area contributed by atoms with E-state index >= 15 is 0 Å². The summed E-state index contributed by atoms with van der Waals surface area (Å²) in [4.78, 5) is 2.53. The lowest BCUT2D eigenvalue weighted by molar-refractivity contribution is -0.0373. The van der Waals surface area contributed by atoms with Gasteiger partial charge in [0.1, 0.15) is 11.9 Å². The molecule has 3 aliphatic rings. The minimum atomic E-state index is -0.316. The highest BCUT2D eigenvalue weighted by Gasteiger charge is 2.51. The second-order valence-corrected chi connectivity index (χ2v) is 8.67. The predicted octanol–water partition coefficient (Wildman–Crippen LogP) is 2.23. The molecule has 0 aromatic heterocycles. The fourth-order valence-electron chi connectivity index (χ4n) is 3.75. The Labute approximate surface area is 157 Å². The van der Waals surface area contributed by atoms with Gasteiger partial charge in [-0.05, 0) is 45.3 Å². The predicted molar refractivity (Wildman–Crippen MR) is 102 cm³/mol. The summed E-state index contributed by atoms with van der Waals surface area (Å²) in [6.45, 7) is 12.1. The number of rotatable bonds is 4. The Morgan fingerprint density at radius 3 is 2.12 bits per heavy atom. The molecule has 142 valence electrons. The van der Waals surface area contributed by atoms with E-state index < -0.39 is 0 Å². The van der Waals surface area contributed by atoms with Crippen molar-refractivity contribution in [3.05, 3.63) is 24.3 Å². The van der Waals surface area contributed by atoms with Crippen LogP contribution < -0.4 is 10.2 Å². The summed E-state index contributed by atoms with van der Waals surface area (Å²) in [7, 11) is -0.316. The van der Waals surface area contributed by atoms with Gasteiger partial charge < -0.3 is 18.8 Å². The van der Waals surface area contributed by atoms with Gasteiger partial charge in [-0.3, -0.25) is 4.90 Å². The van der Waals surface area contributed by atoms with Crippen molar-refractivity contribution in [2.75, 3.05) is 26.3 Å². The summed E-state index contributed by atoms with van der Waals surface area (Å²) in [5.74, 6) is 0.927. The lowest BCUT2D eigenvalue weighted by Crippen LogP contribution is -2.52. The van der Waals surface area contributed by atoms with Gasteiger partial charge in [-0.2, -0.15) is 0 Å². The van der Waals surface area contributed by atoms with E-state index in [9.17, 15) is 0 Å². The fourth-order valence-corrected chi connectivity index (χ4v) is 3.75. The molecule has 0 atom stereocenters. The van der Waals surface area contributed by atoms with E-state index in [2.05, 4.69) is 44.7 Å². The average Bonchev–Trinajstić information content (AvgIpc) is 2.80. The molecule has 26 heavy (non-hydrogen) atoms. The first kappa shape index (κ1) is 18.3. The summed E-state index contributed by atoms with van der Waals surface area (Å²) in [5, 5.41) is 0. The van der Waals surface area contributed by atoms with Gasteiger partial charge in [0.05, 0.1) is 24.4 Å². The average molecular weight is 359 g/mol. The summed E-state index contributed by atoms with van der Waals surface area (Å²) in [6, 6.07) is 8.82. The van der Waals surface area contributed by atoms with Crippen LogP contribution in [0, 0.1) is 0 Å². The van der Waals surface area contributed by atoms with Crippen molar-refractivity contribution in [1.82, 2.24) is 4.90 Å². The molecule has 0 radical (unpaired) electrons. The highest BCUT2D eigenvalue weighted by molar-refractivity contribution is 6.62. The Balaban J connectivity index is 1.29. The van der Waals surface area contributed by atoms with Crippen molar-refractivity contribution in [3.8, 4) is 5.75 Å². The fraction of sp³-hybridized carbons (Fsp3) is 0.700. The van der Waals surface area contributed by atoms with Crippen molar-refractivity contribution >= 4 is 12.6 Å². The zero-order chi connectivity index (χ0) is 18.4. The first-order valence-electron chi connectivity index (χ1n) is 9.78. The molecule has 4 rings (SSSR count). The molecule has 2 heterocycles. The van der Waals surface area contributed by atoms with Crippen LogP contribution in [0.2, 0.25) is 0 Å². The maximum absolute atomic E-state index is 6.13. The molecule has 0 N–H and O–H groups in total. The SMILES string of the molecule is CC1(C)OB(c2ccc(OC3CC(N4CCOCC4)C3)cc2)OC1(C)C. The minimum Gasteiger partial charge on any atom is -0.490 e. The molecule has 5 nitrogen and oxygen atoms in total. The van der Waals surface area contributed by atoms with Crippen LogP contribution in [0.3, 0.4) is 0 Å². The molecule has 0 spiro atoms. The third-order valence-electron chi connectivity index (χ3n) is 6.34. The second-order valence-electron chi connectivity index (χ2n) is 8.67. The van der Waals surface area contributed by atoms with Crippen LogP contribution in [-0.4, -0.2) is 61.7 Å². The Bertz CT molecular complexity index is 605. The van der Waals surface area contributed by atoms with Crippen molar-refractivity contribution in [2.24, 2.45) is 0 Å². The van der Waals surface area contributed by atoms with Crippen LogP contribution in [0.15, 0.2) is 24.3 Å². The maximum atomic E-state index is 6.13. The smallest absolute Gasteiger partial charge is 0.490 e. The highest BCUT2D eigenvalue weighted by Crippen LogP contribution is 2.36. The normalized spacial score (nSPS) is 30.8. The number of benzene rings is 1. The molecule has 0 bridgehead atoms. The Hall–Kier alpha value is -1.08. The number of hydrogen-bond acceptors (Lipinski definition) is 5. The first-order valence-corrected chi connectivity index (χ1v) is 9.78. The summed E-state index contributed by atoms with van der Waals surface area (Å²) in [6.07, 6.45) is 2.54. The van der Waals surface area contributed by atoms with Gasteiger partial charge in [-0.25, -0.2) is 0 Å². The van der Waals surface area contributed by atoms with Crippen LogP contribution in [-0.2, 0) is 14.0 Å². The number of morpholine rings is 1. The number of nitrogens with zero attached hydrogens (tertiary/aromatic N) is 1. The molecule has 1 aliphatic carbocycles. The Kier molecular flexibility index (Phi) is 4.80. The zero-order valence-corrected chi connectivity index (χ0v) is 16.4. The number of ether oxygens (including phenoxy) is 2. The van der Waals surface area contributed by atoms with Crippen LogP contribution >= 0.6 is 0 Å². The minimum absolute atomic E-state index is 0.312. The van der Waals surface area contributed by atoms with Crippen LogP contribution in [0.1, 0.15) is 40.5 Å². The molecule has 0 amide bonds. The van der Waals surface area contributed by atoms with E-state index in [1.807, 2.05) is 12.1 Å². The zero-order valence-electron chi connectivity index (χ0n) is 16.4. The lowest BCUT2D eigenvalue weighted by Gasteiger charge is -2.44. The summed E-state index contributed by atoms with van der Waals surface area (Å²) >= 11 is 0. The molecule has 1 aromatic carbocycles. The maximum Gasteiger partial charge on any atom is 0.494 e. The largest absolute Gasteiger partial charge is 0.494 e. The van der Waals surface area contributed by atoms with Crippen LogP contribution in [0.5, 0.6) is 5.75 Å². The van der Waals surface area contributed by atoms with Gasteiger partial charge in [-0.15, -0.1) is 0 Å². The number of hydrogen-bond donors (Lipinski definition) is 0. The summed E-state index contributed by atoms with van der Waals surface area (Å²) in [5.41, 5.74) is 0.413. The van der Waals surface area contributed by atoms with Gasteiger partial charge >= 0.3 is 7.12 Å². The van der Waals surface area contributed by atoms with Crippen LogP contribution in [0.4, 0.5) is 0 Å². The van der Waals surface area contributed by atoms with Crippen molar-refractivity contribution in [2.45, 2.75) is 63.9 Å². The summed E-state index contributed by atoms with van der Waals surface area (Å²) < 4.78 is 23.8. The quantitative estimate of drug-likeness (QED) is 0.771. The molecule has 6 heteroatoms. The van der Waals surface area contributed by atoms with E-state index in [0.29, 0.717) is 12.1 Å². The lowest BCUT2D eigenvalue weighted by atomic mass is 9.79. The molecule has 2 aliphatic heterocycles. The third kappa shape index (κ3) is 3.52. The van der Waals surface area contributed by atoms with Gasteiger partial charge in [0.25, 0.3) is 0 Å². The molecule has 0 unspecified atom stereocenters. The molecule has 1 aromatic rings. The first-order chi connectivity index (χ1) is 12.3. The molecule has 1 saturated carbocycles. The van der Waals surface area contributed by atoms with Crippen molar-refractivity contribution in [1.29, 1.82) is 0 Å². The molecule has 2 saturated heterocycles.